The van der Waals surface area contributed by atoms with Gasteiger partial charge in [-0.3, -0.25) is 10.1 Å². The highest BCUT2D eigenvalue weighted by Gasteiger charge is 2.11. The monoisotopic (exact) mass is 336 g/mol. The number of imide groups is 1. The molecule has 0 aliphatic rings. The average molecular weight is 337 g/mol. The number of hydrogen-bond donors (Lipinski definition) is 2. The topological polar surface area (TPSA) is 58.2 Å². The molecule has 0 radical (unpaired) electrons. The van der Waals surface area contributed by atoms with Crippen molar-refractivity contribution >= 4 is 33.6 Å². The molecule has 2 rings (SSSR count). The molecule has 20 heavy (non-hydrogen) atoms. The summed E-state index contributed by atoms with van der Waals surface area (Å²) in [6.45, 7) is 0. The zero-order valence-corrected chi connectivity index (χ0v) is 11.8. The molecule has 0 heterocycles. The zero-order chi connectivity index (χ0) is 14.5. The van der Waals surface area contributed by atoms with E-state index >= 15 is 0 Å². The molecule has 2 aromatic carbocycles. The van der Waals surface area contributed by atoms with E-state index in [-0.39, 0.29) is 5.69 Å². The molecule has 4 nitrogen and oxygen atoms in total. The van der Waals surface area contributed by atoms with Crippen molar-refractivity contribution in [2.24, 2.45) is 0 Å². The molecule has 6 heteroatoms. The van der Waals surface area contributed by atoms with Crippen LogP contribution >= 0.6 is 15.9 Å². The highest BCUT2D eigenvalue weighted by atomic mass is 79.9. The van der Waals surface area contributed by atoms with Crippen LogP contribution in [0.1, 0.15) is 10.4 Å². The normalized spacial score (nSPS) is 9.90. The summed E-state index contributed by atoms with van der Waals surface area (Å²) < 4.78 is 14.1. The fourth-order valence-electron chi connectivity index (χ4n) is 1.51. The molecule has 102 valence electrons. The first-order chi connectivity index (χ1) is 9.56. The minimum absolute atomic E-state index is 0.00781. The Morgan fingerprint density at radius 1 is 1.05 bits per heavy atom. The van der Waals surface area contributed by atoms with E-state index in [4.69, 9.17) is 0 Å². The lowest BCUT2D eigenvalue weighted by Gasteiger charge is -2.07. The number of nitrogens with one attached hydrogen (secondary N) is 2. The quantitative estimate of drug-likeness (QED) is 0.881. The van der Waals surface area contributed by atoms with Gasteiger partial charge >= 0.3 is 6.03 Å². The summed E-state index contributed by atoms with van der Waals surface area (Å²) in [5, 5.41) is 4.39. The predicted molar refractivity (Wildman–Crippen MR) is 77.0 cm³/mol. The number of rotatable bonds is 2. The summed E-state index contributed by atoms with van der Waals surface area (Å²) in [5.74, 6) is -1.15. The van der Waals surface area contributed by atoms with Gasteiger partial charge < -0.3 is 5.32 Å². The molecule has 0 saturated carbocycles. The van der Waals surface area contributed by atoms with Crippen LogP contribution < -0.4 is 10.6 Å². The number of amides is 3. The highest BCUT2D eigenvalue weighted by Crippen LogP contribution is 2.19. The van der Waals surface area contributed by atoms with Crippen molar-refractivity contribution < 1.29 is 14.0 Å². The molecule has 0 saturated heterocycles. The van der Waals surface area contributed by atoms with Crippen LogP contribution in [0.15, 0.2) is 53.0 Å². The van der Waals surface area contributed by atoms with Crippen molar-refractivity contribution in [3.63, 3.8) is 0 Å². The van der Waals surface area contributed by atoms with Crippen LogP contribution in [-0.4, -0.2) is 11.9 Å². The molecule has 0 aliphatic carbocycles. The van der Waals surface area contributed by atoms with Gasteiger partial charge in [0.25, 0.3) is 5.91 Å². The number of anilines is 1. The van der Waals surface area contributed by atoms with Gasteiger partial charge in [0.1, 0.15) is 5.82 Å². The third kappa shape index (κ3) is 3.64. The van der Waals surface area contributed by atoms with Crippen LogP contribution in [0.2, 0.25) is 0 Å². The van der Waals surface area contributed by atoms with Gasteiger partial charge in [-0.15, -0.1) is 0 Å². The Labute approximate surface area is 123 Å². The Morgan fingerprint density at radius 2 is 1.75 bits per heavy atom. The van der Waals surface area contributed by atoms with Crippen molar-refractivity contribution in [3.8, 4) is 0 Å². The summed E-state index contributed by atoms with van der Waals surface area (Å²) in [5.41, 5.74) is 0.338. The van der Waals surface area contributed by atoms with Crippen LogP contribution in [0.4, 0.5) is 14.9 Å². The molecule has 0 spiro atoms. The Morgan fingerprint density at radius 3 is 2.40 bits per heavy atom. The highest BCUT2D eigenvalue weighted by molar-refractivity contribution is 9.10. The lowest BCUT2D eigenvalue weighted by molar-refractivity contribution is 0.0967. The fraction of sp³-hybridized carbons (Fsp3) is 0. The van der Waals surface area contributed by atoms with Crippen molar-refractivity contribution in [2.45, 2.75) is 0 Å². The van der Waals surface area contributed by atoms with Gasteiger partial charge in [0.2, 0.25) is 0 Å². The predicted octanol–water partition coefficient (Wildman–Crippen LogP) is 3.55. The van der Waals surface area contributed by atoms with E-state index in [1.165, 1.54) is 12.1 Å². The van der Waals surface area contributed by atoms with E-state index in [1.807, 2.05) is 0 Å². The maximum absolute atomic E-state index is 13.5. The van der Waals surface area contributed by atoms with Crippen molar-refractivity contribution in [1.29, 1.82) is 0 Å². The summed E-state index contributed by atoms with van der Waals surface area (Å²) in [6.07, 6.45) is 0. The second-order valence-corrected chi connectivity index (χ2v) is 4.81. The Bertz CT molecular complexity index is 647. The molecule has 0 atom stereocenters. The van der Waals surface area contributed by atoms with Crippen LogP contribution in [0.3, 0.4) is 0 Å². The minimum Gasteiger partial charge on any atom is -0.305 e. The second-order valence-electron chi connectivity index (χ2n) is 3.90. The van der Waals surface area contributed by atoms with Crippen molar-refractivity contribution in [1.82, 2.24) is 5.32 Å². The van der Waals surface area contributed by atoms with E-state index in [0.29, 0.717) is 10.0 Å². The number of hydrogen-bond acceptors (Lipinski definition) is 2. The smallest absolute Gasteiger partial charge is 0.305 e. The van der Waals surface area contributed by atoms with E-state index in [1.54, 1.807) is 36.4 Å². The first-order valence-corrected chi connectivity index (χ1v) is 6.48. The SMILES string of the molecule is O=C(NC(=O)c1ccccc1)Nc1ccc(Br)cc1F. The van der Waals surface area contributed by atoms with Gasteiger partial charge in [0.15, 0.2) is 0 Å². The van der Waals surface area contributed by atoms with Crippen molar-refractivity contribution in [2.75, 3.05) is 5.32 Å². The van der Waals surface area contributed by atoms with Gasteiger partial charge in [0.05, 0.1) is 5.69 Å². The summed E-state index contributed by atoms with van der Waals surface area (Å²) >= 11 is 3.11. The third-order valence-corrected chi connectivity index (χ3v) is 2.94. The second kappa shape index (κ2) is 6.29. The van der Waals surface area contributed by atoms with Gasteiger partial charge in [-0.25, -0.2) is 9.18 Å². The molecule has 0 unspecified atom stereocenters. The van der Waals surface area contributed by atoms with Crippen LogP contribution in [0.25, 0.3) is 0 Å². The molecule has 0 aliphatic heterocycles. The first kappa shape index (κ1) is 14.2. The minimum atomic E-state index is -0.792. The average Bonchev–Trinajstić information content (AvgIpc) is 2.43. The third-order valence-electron chi connectivity index (χ3n) is 2.44. The number of halogens is 2. The number of carbonyl (C=O) groups excluding carboxylic acids is 2. The number of carbonyl (C=O) groups is 2. The molecule has 0 fully saturated rings. The van der Waals surface area contributed by atoms with Crippen LogP contribution in [0.5, 0.6) is 0 Å². The summed E-state index contributed by atoms with van der Waals surface area (Å²) in [7, 11) is 0. The van der Waals surface area contributed by atoms with E-state index in [9.17, 15) is 14.0 Å². The maximum Gasteiger partial charge on any atom is 0.326 e. The zero-order valence-electron chi connectivity index (χ0n) is 10.2. The molecule has 3 amide bonds. The van der Waals surface area contributed by atoms with Crippen LogP contribution in [-0.2, 0) is 0 Å². The standard InChI is InChI=1S/C14H10BrFN2O2/c15-10-6-7-12(11(16)8-10)17-14(20)18-13(19)9-4-2-1-3-5-9/h1-8H,(H2,17,18,19,20). The molecular weight excluding hydrogens is 327 g/mol. The van der Waals surface area contributed by atoms with Crippen molar-refractivity contribution in [3.05, 3.63) is 64.4 Å². The molecule has 0 aromatic heterocycles. The van der Waals surface area contributed by atoms with Crippen LogP contribution in [0, 0.1) is 5.82 Å². The number of benzene rings is 2. The van der Waals surface area contributed by atoms with Gasteiger partial charge in [-0.05, 0) is 30.3 Å². The maximum atomic E-state index is 13.5. The molecule has 2 aromatic rings. The lowest BCUT2D eigenvalue weighted by Crippen LogP contribution is -2.34. The summed E-state index contributed by atoms with van der Waals surface area (Å²) in [6, 6.07) is 11.7. The van der Waals surface area contributed by atoms with Gasteiger partial charge in [-0.1, -0.05) is 34.1 Å². The Hall–Kier alpha value is -2.21. The van der Waals surface area contributed by atoms with Gasteiger partial charge in [-0.2, -0.15) is 0 Å². The first-order valence-electron chi connectivity index (χ1n) is 5.68. The fourth-order valence-corrected chi connectivity index (χ4v) is 1.84. The largest absolute Gasteiger partial charge is 0.326 e. The number of urea groups is 1. The van der Waals surface area contributed by atoms with E-state index < -0.39 is 17.8 Å². The molecular formula is C14H10BrFN2O2. The van der Waals surface area contributed by atoms with E-state index in [2.05, 4.69) is 26.6 Å². The molecule has 0 bridgehead atoms. The summed E-state index contributed by atoms with van der Waals surface area (Å²) in [4.78, 5) is 23.3. The van der Waals surface area contributed by atoms with Gasteiger partial charge in [0, 0.05) is 10.0 Å². The van der Waals surface area contributed by atoms with E-state index in [0.717, 1.165) is 0 Å². The Kier molecular flexibility index (Phi) is 4.47. The molecule has 2 N–H and O–H groups in total. The lowest BCUT2D eigenvalue weighted by atomic mass is 10.2. The Balaban J connectivity index is 2.01.